The third-order valence-electron chi connectivity index (χ3n) is 3.77. The smallest absolute Gasteiger partial charge is 0.322 e. The Bertz CT molecular complexity index is 265. The molecule has 18 heavy (non-hydrogen) atoms. The Morgan fingerprint density at radius 2 is 1.94 bits per heavy atom. The fourth-order valence-electron chi connectivity index (χ4n) is 2.50. The minimum absolute atomic E-state index is 0.143. The van der Waals surface area contributed by atoms with Crippen LogP contribution < -0.4 is 5.32 Å². The van der Waals surface area contributed by atoms with Crippen molar-refractivity contribution in [1.29, 1.82) is 0 Å². The van der Waals surface area contributed by atoms with Crippen molar-refractivity contribution in [2.75, 3.05) is 20.2 Å². The van der Waals surface area contributed by atoms with E-state index in [2.05, 4.69) is 31.0 Å². The molecular formula is C14H28N2O2. The summed E-state index contributed by atoms with van der Waals surface area (Å²) in [5.74, 6) is -0.143. The number of hydrogen-bond donors (Lipinski definition) is 1. The van der Waals surface area contributed by atoms with E-state index in [1.165, 1.54) is 7.11 Å². The summed E-state index contributed by atoms with van der Waals surface area (Å²) in [5, 5.41) is 3.43. The van der Waals surface area contributed by atoms with Gasteiger partial charge in [-0.15, -0.1) is 0 Å². The van der Waals surface area contributed by atoms with Gasteiger partial charge in [-0.1, -0.05) is 6.92 Å². The summed E-state index contributed by atoms with van der Waals surface area (Å²) in [6, 6.07) is 0.286. The van der Waals surface area contributed by atoms with Gasteiger partial charge in [-0.05, 0) is 40.0 Å². The Labute approximate surface area is 111 Å². The van der Waals surface area contributed by atoms with Crippen molar-refractivity contribution < 1.29 is 9.53 Å². The van der Waals surface area contributed by atoms with Crippen LogP contribution >= 0.6 is 0 Å². The van der Waals surface area contributed by atoms with Gasteiger partial charge in [0.05, 0.1) is 7.11 Å². The summed E-state index contributed by atoms with van der Waals surface area (Å²) >= 11 is 0. The van der Waals surface area contributed by atoms with Crippen molar-refractivity contribution >= 4 is 5.97 Å². The maximum absolute atomic E-state index is 11.5. The lowest BCUT2D eigenvalue weighted by Crippen LogP contribution is -2.52. The Kier molecular flexibility index (Phi) is 5.60. The number of methoxy groups -OCH3 is 1. The number of rotatable bonds is 4. The van der Waals surface area contributed by atoms with Gasteiger partial charge in [0.2, 0.25) is 0 Å². The summed E-state index contributed by atoms with van der Waals surface area (Å²) in [5.41, 5.74) is 0.247. The quantitative estimate of drug-likeness (QED) is 0.779. The number of hydrogen-bond acceptors (Lipinski definition) is 4. The Balaban J connectivity index is 2.41. The molecule has 0 amide bonds. The van der Waals surface area contributed by atoms with E-state index < -0.39 is 0 Å². The second-order valence-corrected chi connectivity index (χ2v) is 6.08. The fraction of sp³-hybridized carbons (Fsp3) is 0.929. The molecule has 1 fully saturated rings. The molecular weight excluding hydrogens is 228 g/mol. The molecule has 1 rings (SSSR count). The number of carbonyl (C=O) groups is 1. The highest BCUT2D eigenvalue weighted by atomic mass is 16.5. The molecule has 1 aliphatic heterocycles. The van der Waals surface area contributed by atoms with E-state index >= 15 is 0 Å². The van der Waals surface area contributed by atoms with Gasteiger partial charge in [-0.3, -0.25) is 9.69 Å². The molecule has 4 heteroatoms. The molecule has 1 N–H and O–H groups in total. The zero-order valence-corrected chi connectivity index (χ0v) is 12.5. The molecule has 0 aromatic heterocycles. The van der Waals surface area contributed by atoms with Gasteiger partial charge in [-0.2, -0.15) is 0 Å². The lowest BCUT2D eigenvalue weighted by atomic mass is 9.97. The summed E-state index contributed by atoms with van der Waals surface area (Å²) in [6.07, 6.45) is 2.99. The first kappa shape index (κ1) is 15.4. The maximum Gasteiger partial charge on any atom is 0.322 e. The summed E-state index contributed by atoms with van der Waals surface area (Å²) in [4.78, 5) is 14.0. The second kappa shape index (κ2) is 6.53. The molecule has 0 radical (unpaired) electrons. The zero-order valence-electron chi connectivity index (χ0n) is 12.5. The molecule has 106 valence electrons. The Hall–Kier alpha value is -0.610. The second-order valence-electron chi connectivity index (χ2n) is 6.08. The zero-order chi connectivity index (χ0) is 13.8. The number of likely N-dealkylation sites (tertiary alicyclic amines) is 1. The minimum Gasteiger partial charge on any atom is -0.468 e. The molecule has 1 aliphatic rings. The largest absolute Gasteiger partial charge is 0.468 e. The predicted molar refractivity (Wildman–Crippen MR) is 73.6 cm³/mol. The van der Waals surface area contributed by atoms with Crippen molar-refractivity contribution in [2.45, 2.75) is 64.6 Å². The molecule has 0 aliphatic carbocycles. The van der Waals surface area contributed by atoms with Gasteiger partial charge >= 0.3 is 5.97 Å². The normalized spacial score (nSPS) is 20.7. The SMILES string of the molecule is CCC(NC1CCN(C(C)(C)C)CC1)C(=O)OC. The van der Waals surface area contributed by atoms with Crippen LogP contribution in [0.15, 0.2) is 0 Å². The van der Waals surface area contributed by atoms with E-state index in [1.54, 1.807) is 0 Å². The van der Waals surface area contributed by atoms with E-state index in [9.17, 15) is 4.79 Å². The highest BCUT2D eigenvalue weighted by molar-refractivity contribution is 5.75. The third-order valence-corrected chi connectivity index (χ3v) is 3.77. The van der Waals surface area contributed by atoms with Crippen molar-refractivity contribution in [1.82, 2.24) is 10.2 Å². The first-order valence-corrected chi connectivity index (χ1v) is 6.97. The highest BCUT2D eigenvalue weighted by Crippen LogP contribution is 2.20. The first-order valence-electron chi connectivity index (χ1n) is 6.97. The molecule has 0 aromatic rings. The van der Waals surface area contributed by atoms with Crippen molar-refractivity contribution in [2.24, 2.45) is 0 Å². The van der Waals surface area contributed by atoms with Crippen molar-refractivity contribution in [3.8, 4) is 0 Å². The Morgan fingerprint density at radius 3 is 2.33 bits per heavy atom. The molecule has 1 heterocycles. The number of carbonyl (C=O) groups excluding carboxylic acids is 1. The molecule has 1 atom stereocenters. The fourth-order valence-corrected chi connectivity index (χ4v) is 2.50. The van der Waals surface area contributed by atoms with Crippen LogP contribution in [0.2, 0.25) is 0 Å². The minimum atomic E-state index is -0.152. The maximum atomic E-state index is 11.5. The van der Waals surface area contributed by atoms with E-state index in [-0.39, 0.29) is 17.6 Å². The van der Waals surface area contributed by atoms with Crippen LogP contribution in [0, 0.1) is 0 Å². The van der Waals surface area contributed by atoms with Crippen LogP contribution in [-0.4, -0.2) is 48.7 Å². The van der Waals surface area contributed by atoms with E-state index in [0.717, 1.165) is 32.4 Å². The van der Waals surface area contributed by atoms with Gasteiger partial charge in [0.25, 0.3) is 0 Å². The number of nitrogens with zero attached hydrogens (tertiary/aromatic N) is 1. The molecule has 0 aromatic carbocycles. The first-order chi connectivity index (χ1) is 8.38. The predicted octanol–water partition coefficient (Wildman–Crippen LogP) is 1.79. The number of esters is 1. The van der Waals surface area contributed by atoms with Crippen LogP contribution in [0.4, 0.5) is 0 Å². The van der Waals surface area contributed by atoms with Crippen LogP contribution in [0.1, 0.15) is 47.0 Å². The van der Waals surface area contributed by atoms with Crippen LogP contribution in [0.3, 0.4) is 0 Å². The number of piperidine rings is 1. The molecule has 0 saturated carbocycles. The van der Waals surface area contributed by atoms with E-state index in [1.807, 2.05) is 6.92 Å². The van der Waals surface area contributed by atoms with E-state index in [0.29, 0.717) is 6.04 Å². The topological polar surface area (TPSA) is 41.6 Å². The number of ether oxygens (including phenoxy) is 1. The lowest BCUT2D eigenvalue weighted by Gasteiger charge is -2.41. The van der Waals surface area contributed by atoms with Crippen molar-refractivity contribution in [3.05, 3.63) is 0 Å². The average molecular weight is 256 g/mol. The van der Waals surface area contributed by atoms with E-state index in [4.69, 9.17) is 4.74 Å². The third kappa shape index (κ3) is 4.25. The van der Waals surface area contributed by atoms with Crippen LogP contribution in [-0.2, 0) is 9.53 Å². The van der Waals surface area contributed by atoms with Gasteiger partial charge in [-0.25, -0.2) is 0 Å². The van der Waals surface area contributed by atoms with Crippen LogP contribution in [0.5, 0.6) is 0 Å². The van der Waals surface area contributed by atoms with Gasteiger partial charge in [0.1, 0.15) is 6.04 Å². The molecule has 1 unspecified atom stereocenters. The van der Waals surface area contributed by atoms with Crippen molar-refractivity contribution in [3.63, 3.8) is 0 Å². The van der Waals surface area contributed by atoms with Gasteiger partial charge in [0, 0.05) is 24.7 Å². The van der Waals surface area contributed by atoms with Gasteiger partial charge < -0.3 is 10.1 Å². The summed E-state index contributed by atoms with van der Waals surface area (Å²) < 4.78 is 4.81. The summed E-state index contributed by atoms with van der Waals surface area (Å²) in [6.45, 7) is 11.0. The summed E-state index contributed by atoms with van der Waals surface area (Å²) in [7, 11) is 1.45. The average Bonchev–Trinajstić information content (AvgIpc) is 2.34. The lowest BCUT2D eigenvalue weighted by molar-refractivity contribution is -0.143. The monoisotopic (exact) mass is 256 g/mol. The molecule has 4 nitrogen and oxygen atoms in total. The Morgan fingerprint density at radius 1 is 1.39 bits per heavy atom. The molecule has 1 saturated heterocycles. The van der Waals surface area contributed by atoms with Gasteiger partial charge in [0.15, 0.2) is 0 Å². The highest BCUT2D eigenvalue weighted by Gasteiger charge is 2.29. The standard InChI is InChI=1S/C14H28N2O2/c1-6-12(13(17)18-5)15-11-7-9-16(10-8-11)14(2,3)4/h11-12,15H,6-10H2,1-5H3. The van der Waals surface area contributed by atoms with Crippen LogP contribution in [0.25, 0.3) is 0 Å². The molecule has 0 spiro atoms. The number of nitrogens with one attached hydrogen (secondary N) is 1. The molecule has 0 bridgehead atoms.